The van der Waals surface area contributed by atoms with Crippen molar-refractivity contribution in [1.82, 2.24) is 20.1 Å². The lowest BCUT2D eigenvalue weighted by Crippen LogP contribution is -2.45. The molecule has 32 heavy (non-hydrogen) atoms. The first-order valence-electron chi connectivity index (χ1n) is 12.0. The van der Waals surface area contributed by atoms with Crippen molar-refractivity contribution in [1.29, 1.82) is 0 Å². The molecule has 2 fully saturated rings. The Morgan fingerprint density at radius 2 is 2.06 bits per heavy atom. The Morgan fingerprint density at radius 3 is 2.84 bits per heavy atom. The highest BCUT2D eigenvalue weighted by Crippen LogP contribution is 2.34. The van der Waals surface area contributed by atoms with Crippen LogP contribution >= 0.6 is 0 Å². The first kappa shape index (κ1) is 22.9. The van der Waals surface area contributed by atoms with Crippen LogP contribution in [-0.2, 0) is 4.79 Å². The lowest BCUT2D eigenvalue weighted by atomic mass is 9.83. The molecule has 6 nitrogen and oxygen atoms in total. The summed E-state index contributed by atoms with van der Waals surface area (Å²) in [4.78, 5) is 26.3. The van der Waals surface area contributed by atoms with Crippen LogP contribution < -0.4 is 5.32 Å². The van der Waals surface area contributed by atoms with Crippen molar-refractivity contribution in [2.45, 2.75) is 32.1 Å². The molecular formula is C26H37N5O. The van der Waals surface area contributed by atoms with Gasteiger partial charge in [-0.25, -0.2) is 0 Å². The summed E-state index contributed by atoms with van der Waals surface area (Å²) in [6.45, 7) is 7.77. The van der Waals surface area contributed by atoms with Gasteiger partial charge in [0.25, 0.3) is 0 Å². The normalized spacial score (nSPS) is 23.7. The van der Waals surface area contributed by atoms with Crippen LogP contribution in [0.4, 0.5) is 0 Å². The van der Waals surface area contributed by atoms with Gasteiger partial charge in [0.1, 0.15) is 0 Å². The molecule has 0 bridgehead atoms. The number of hydrogen-bond acceptors (Lipinski definition) is 5. The predicted molar refractivity (Wildman–Crippen MR) is 131 cm³/mol. The van der Waals surface area contributed by atoms with Crippen LogP contribution in [0.2, 0.25) is 0 Å². The minimum absolute atomic E-state index is 0.165. The fourth-order valence-electron chi connectivity index (χ4n) is 5.42. The van der Waals surface area contributed by atoms with Gasteiger partial charge in [-0.05, 0) is 68.8 Å². The minimum atomic E-state index is 0.165. The Hall–Kier alpha value is -2.31. The first-order chi connectivity index (χ1) is 15.5. The van der Waals surface area contributed by atoms with Gasteiger partial charge in [-0.3, -0.25) is 19.7 Å². The topological polar surface area (TPSA) is 60.8 Å². The average molecular weight is 436 g/mol. The smallest absolute Gasteiger partial charge is 0.234 e. The number of fused-ring (bicyclic) bond motifs is 1. The van der Waals surface area contributed by atoms with E-state index in [1.807, 2.05) is 18.5 Å². The SMILES string of the molecule is C/N=C/c1ccc([C@@H]2C[C@@H](C)CN(CC(=O)NCC3CCN(C)CC3)C2)c2cccnc12. The maximum atomic E-state index is 12.7. The van der Waals surface area contributed by atoms with Crippen LogP contribution in [0, 0.1) is 11.8 Å². The van der Waals surface area contributed by atoms with E-state index >= 15 is 0 Å². The first-order valence-corrected chi connectivity index (χ1v) is 12.0. The van der Waals surface area contributed by atoms with Crippen molar-refractivity contribution < 1.29 is 4.79 Å². The molecule has 2 aliphatic rings. The van der Waals surface area contributed by atoms with Crippen LogP contribution in [0.3, 0.4) is 0 Å². The summed E-state index contributed by atoms with van der Waals surface area (Å²) in [6, 6.07) is 8.56. The average Bonchev–Trinajstić information content (AvgIpc) is 2.79. The highest BCUT2D eigenvalue weighted by Gasteiger charge is 2.28. The van der Waals surface area contributed by atoms with Crippen molar-refractivity contribution in [3.05, 3.63) is 41.6 Å². The van der Waals surface area contributed by atoms with Crippen LogP contribution in [0.5, 0.6) is 0 Å². The van der Waals surface area contributed by atoms with Crippen molar-refractivity contribution in [3.8, 4) is 0 Å². The minimum Gasteiger partial charge on any atom is -0.355 e. The highest BCUT2D eigenvalue weighted by molar-refractivity contribution is 5.99. The van der Waals surface area contributed by atoms with E-state index in [9.17, 15) is 4.79 Å². The number of piperidine rings is 2. The summed E-state index contributed by atoms with van der Waals surface area (Å²) in [7, 11) is 3.97. The maximum Gasteiger partial charge on any atom is 0.234 e. The zero-order chi connectivity index (χ0) is 22.5. The zero-order valence-electron chi connectivity index (χ0n) is 19.8. The van der Waals surface area contributed by atoms with Crippen molar-refractivity contribution >= 4 is 23.0 Å². The second kappa shape index (κ2) is 10.5. The molecule has 2 aromatic rings. The van der Waals surface area contributed by atoms with Crippen molar-refractivity contribution in [3.63, 3.8) is 0 Å². The summed E-state index contributed by atoms with van der Waals surface area (Å²) in [5.74, 6) is 1.74. The maximum absolute atomic E-state index is 12.7. The van der Waals surface area contributed by atoms with Gasteiger partial charge in [0.2, 0.25) is 5.91 Å². The van der Waals surface area contributed by atoms with Crippen LogP contribution in [0.25, 0.3) is 10.9 Å². The molecule has 2 atom stereocenters. The lowest BCUT2D eigenvalue weighted by molar-refractivity contribution is -0.123. The number of nitrogens with one attached hydrogen (secondary N) is 1. The number of likely N-dealkylation sites (tertiary alicyclic amines) is 2. The second-order valence-corrected chi connectivity index (χ2v) is 9.81. The van der Waals surface area contributed by atoms with Gasteiger partial charge in [-0.1, -0.05) is 25.1 Å². The van der Waals surface area contributed by atoms with Crippen LogP contribution in [0.15, 0.2) is 35.5 Å². The molecule has 1 aromatic carbocycles. The molecular weight excluding hydrogens is 398 g/mol. The molecule has 2 saturated heterocycles. The summed E-state index contributed by atoms with van der Waals surface area (Å²) in [6.07, 6.45) is 7.23. The Balaban J connectivity index is 1.41. The standard InChI is InChI=1S/C26H37N5O/c1-19-13-22(23-7-6-21(15-27-2)26-24(23)5-4-10-28-26)17-31(16-19)18-25(32)29-14-20-8-11-30(3)12-9-20/h4-7,10,15,19-20,22H,8-9,11-14,16-18H2,1-3H3,(H,29,32)/b27-15+/t19-,22-/m1/s1. The number of aromatic nitrogens is 1. The zero-order valence-corrected chi connectivity index (χ0v) is 19.8. The lowest BCUT2D eigenvalue weighted by Gasteiger charge is -2.37. The van der Waals surface area contributed by atoms with Crippen molar-refractivity contribution in [2.24, 2.45) is 16.8 Å². The molecule has 0 unspecified atom stereocenters. The molecule has 1 N–H and O–H groups in total. The van der Waals surface area contributed by atoms with E-state index in [4.69, 9.17) is 0 Å². The predicted octanol–water partition coefficient (Wildman–Crippen LogP) is 3.17. The number of hydrogen-bond donors (Lipinski definition) is 1. The van der Waals surface area contributed by atoms with Crippen LogP contribution in [-0.4, -0.2) is 80.3 Å². The molecule has 4 rings (SSSR count). The number of aliphatic imine (C=N–C) groups is 1. The van der Waals surface area contributed by atoms with E-state index < -0.39 is 0 Å². The number of carbonyl (C=O) groups excluding carboxylic acids is 1. The number of amides is 1. The van der Waals surface area contributed by atoms with E-state index in [1.54, 1.807) is 7.05 Å². The molecule has 0 saturated carbocycles. The second-order valence-electron chi connectivity index (χ2n) is 9.81. The molecule has 0 radical (unpaired) electrons. The third-order valence-corrected chi connectivity index (χ3v) is 7.07. The van der Waals surface area contributed by atoms with E-state index in [1.165, 1.54) is 23.8 Å². The van der Waals surface area contributed by atoms with E-state index in [2.05, 4.69) is 57.3 Å². The molecule has 1 amide bonds. The Kier molecular flexibility index (Phi) is 7.53. The molecule has 0 aliphatic carbocycles. The monoisotopic (exact) mass is 435 g/mol. The van der Waals surface area contributed by atoms with Gasteiger partial charge >= 0.3 is 0 Å². The number of benzene rings is 1. The van der Waals surface area contributed by atoms with Gasteiger partial charge in [-0.15, -0.1) is 0 Å². The highest BCUT2D eigenvalue weighted by atomic mass is 16.2. The summed E-state index contributed by atoms with van der Waals surface area (Å²) < 4.78 is 0. The fourth-order valence-corrected chi connectivity index (χ4v) is 5.42. The van der Waals surface area contributed by atoms with Crippen LogP contribution in [0.1, 0.15) is 43.2 Å². The number of pyridine rings is 1. The Bertz CT molecular complexity index is 950. The molecule has 0 spiro atoms. The summed E-state index contributed by atoms with van der Waals surface area (Å²) >= 11 is 0. The molecule has 3 heterocycles. The largest absolute Gasteiger partial charge is 0.355 e. The molecule has 2 aliphatic heterocycles. The van der Waals surface area contributed by atoms with Gasteiger partial charge in [0, 0.05) is 50.0 Å². The van der Waals surface area contributed by atoms with E-state index in [-0.39, 0.29) is 5.91 Å². The Labute approximate surface area is 192 Å². The number of carbonyl (C=O) groups is 1. The van der Waals surface area contributed by atoms with Gasteiger partial charge in [0.15, 0.2) is 0 Å². The third-order valence-electron chi connectivity index (χ3n) is 7.07. The van der Waals surface area contributed by atoms with Crippen molar-refractivity contribution in [2.75, 3.05) is 53.4 Å². The molecule has 6 heteroatoms. The number of nitrogens with zero attached hydrogens (tertiary/aromatic N) is 4. The van der Waals surface area contributed by atoms with E-state index in [0.717, 1.165) is 50.2 Å². The Morgan fingerprint density at radius 1 is 1.25 bits per heavy atom. The quantitative estimate of drug-likeness (QED) is 0.708. The number of rotatable bonds is 6. The van der Waals surface area contributed by atoms with E-state index in [0.29, 0.717) is 24.3 Å². The third kappa shape index (κ3) is 5.54. The van der Waals surface area contributed by atoms with Gasteiger partial charge in [-0.2, -0.15) is 0 Å². The summed E-state index contributed by atoms with van der Waals surface area (Å²) in [5.41, 5.74) is 3.40. The van der Waals surface area contributed by atoms with Gasteiger partial charge in [0.05, 0.1) is 12.1 Å². The van der Waals surface area contributed by atoms with Gasteiger partial charge < -0.3 is 10.2 Å². The summed E-state index contributed by atoms with van der Waals surface area (Å²) in [5, 5.41) is 4.42. The molecule has 1 aromatic heterocycles. The molecule has 172 valence electrons. The fraction of sp³-hybridized carbons (Fsp3) is 0.577.